The van der Waals surface area contributed by atoms with Crippen molar-refractivity contribution in [3.63, 3.8) is 0 Å². The van der Waals surface area contributed by atoms with Crippen LogP contribution in [0.25, 0.3) is 0 Å². The molecule has 0 unspecified atom stereocenters. The maximum Gasteiger partial charge on any atom is 0.136 e. The summed E-state index contributed by atoms with van der Waals surface area (Å²) in [6.07, 6.45) is 1.72. The van der Waals surface area contributed by atoms with E-state index in [4.69, 9.17) is 4.74 Å². The summed E-state index contributed by atoms with van der Waals surface area (Å²) in [6.45, 7) is 0.622. The molecule has 0 spiro atoms. The fraction of sp³-hybridized carbons (Fsp3) is 0.278. The molecule has 0 bridgehead atoms. The Bertz CT molecular complexity index is 638. The Hall–Kier alpha value is -2.33. The average Bonchev–Trinajstić information content (AvgIpc) is 2.53. The summed E-state index contributed by atoms with van der Waals surface area (Å²) in [5, 5.41) is 9.77. The van der Waals surface area contributed by atoms with E-state index in [0.717, 1.165) is 16.9 Å². The molecular formula is C18H23N2O2+. The number of likely N-dealkylation sites (N-methyl/N-ethyl adjacent to an activating group) is 1. The van der Waals surface area contributed by atoms with Crippen LogP contribution in [0.1, 0.15) is 17.2 Å². The van der Waals surface area contributed by atoms with Crippen molar-refractivity contribution in [2.24, 2.45) is 4.99 Å². The van der Waals surface area contributed by atoms with Gasteiger partial charge in [-0.15, -0.1) is 0 Å². The van der Waals surface area contributed by atoms with E-state index in [1.807, 2.05) is 30.3 Å². The van der Waals surface area contributed by atoms with E-state index < -0.39 is 0 Å². The SMILES string of the molecule is COc1ccccc1[C@@H](CN=Cc1ccccc1O)[NH+](C)C. The number of phenols is 1. The van der Waals surface area contributed by atoms with Gasteiger partial charge in [0.15, 0.2) is 0 Å². The number of aromatic hydroxyl groups is 1. The predicted molar refractivity (Wildman–Crippen MR) is 89.1 cm³/mol. The van der Waals surface area contributed by atoms with Crippen molar-refractivity contribution in [1.82, 2.24) is 0 Å². The van der Waals surface area contributed by atoms with Crippen LogP contribution in [0.3, 0.4) is 0 Å². The molecule has 0 fully saturated rings. The predicted octanol–water partition coefficient (Wildman–Crippen LogP) is 1.71. The molecule has 4 nitrogen and oxygen atoms in total. The van der Waals surface area contributed by atoms with Gasteiger partial charge in [-0.3, -0.25) is 4.99 Å². The Morgan fingerprint density at radius 1 is 1.14 bits per heavy atom. The van der Waals surface area contributed by atoms with Gasteiger partial charge in [-0.1, -0.05) is 24.3 Å². The van der Waals surface area contributed by atoms with Gasteiger partial charge in [0.25, 0.3) is 0 Å². The summed E-state index contributed by atoms with van der Waals surface area (Å²) >= 11 is 0. The zero-order valence-electron chi connectivity index (χ0n) is 13.3. The number of benzene rings is 2. The van der Waals surface area contributed by atoms with E-state index in [-0.39, 0.29) is 11.8 Å². The van der Waals surface area contributed by atoms with Gasteiger partial charge in [0, 0.05) is 11.8 Å². The maximum absolute atomic E-state index is 9.77. The molecule has 2 N–H and O–H groups in total. The second-order valence-electron chi connectivity index (χ2n) is 5.42. The highest BCUT2D eigenvalue weighted by atomic mass is 16.5. The number of methoxy groups -OCH3 is 1. The molecule has 0 radical (unpaired) electrons. The highest BCUT2D eigenvalue weighted by Crippen LogP contribution is 2.23. The van der Waals surface area contributed by atoms with Gasteiger partial charge in [0.05, 0.1) is 33.3 Å². The lowest BCUT2D eigenvalue weighted by Gasteiger charge is -2.21. The molecule has 0 heterocycles. The molecule has 22 heavy (non-hydrogen) atoms. The molecule has 0 aromatic heterocycles. The zero-order chi connectivity index (χ0) is 15.9. The van der Waals surface area contributed by atoms with Crippen molar-refractivity contribution < 1.29 is 14.7 Å². The molecule has 0 saturated heterocycles. The molecule has 116 valence electrons. The number of para-hydroxylation sites is 2. The Labute approximate surface area is 131 Å². The Kier molecular flexibility index (Phi) is 5.55. The maximum atomic E-state index is 9.77. The van der Waals surface area contributed by atoms with Crippen LogP contribution in [0, 0.1) is 0 Å². The monoisotopic (exact) mass is 299 g/mol. The highest BCUT2D eigenvalue weighted by Gasteiger charge is 2.20. The minimum Gasteiger partial charge on any atom is -0.507 e. The van der Waals surface area contributed by atoms with Crippen LogP contribution < -0.4 is 9.64 Å². The fourth-order valence-corrected chi connectivity index (χ4v) is 2.40. The number of quaternary nitrogens is 1. The second kappa shape index (κ2) is 7.61. The van der Waals surface area contributed by atoms with E-state index in [1.54, 1.807) is 25.5 Å². The standard InChI is InChI=1S/C18H22N2O2/c1-20(2)16(15-9-5-7-11-18(15)22-3)13-19-12-14-8-4-6-10-17(14)21/h4-12,16,21H,13H2,1-3H3/p+1/t16-/m1/s1. The fourth-order valence-electron chi connectivity index (χ4n) is 2.40. The number of aliphatic imine (C=N–C) groups is 1. The van der Waals surface area contributed by atoms with Crippen molar-refractivity contribution in [3.05, 3.63) is 59.7 Å². The van der Waals surface area contributed by atoms with Gasteiger partial charge in [0.2, 0.25) is 0 Å². The summed E-state index contributed by atoms with van der Waals surface area (Å²) < 4.78 is 5.45. The van der Waals surface area contributed by atoms with Crippen molar-refractivity contribution >= 4 is 6.21 Å². The number of rotatable bonds is 6. The number of hydrogen-bond donors (Lipinski definition) is 2. The lowest BCUT2D eigenvalue weighted by molar-refractivity contribution is -0.890. The lowest BCUT2D eigenvalue weighted by atomic mass is 10.0. The van der Waals surface area contributed by atoms with Crippen LogP contribution >= 0.6 is 0 Å². The third-order valence-corrected chi connectivity index (χ3v) is 3.67. The minimum absolute atomic E-state index is 0.193. The van der Waals surface area contributed by atoms with E-state index in [0.29, 0.717) is 6.54 Å². The summed E-state index contributed by atoms with van der Waals surface area (Å²) in [4.78, 5) is 5.79. The van der Waals surface area contributed by atoms with Crippen molar-refractivity contribution in [3.8, 4) is 11.5 Å². The molecule has 0 aliphatic carbocycles. The van der Waals surface area contributed by atoms with Crippen molar-refractivity contribution in [1.29, 1.82) is 0 Å². The second-order valence-corrected chi connectivity index (χ2v) is 5.42. The number of nitrogens with one attached hydrogen (secondary N) is 1. The Balaban J connectivity index is 2.18. The first-order chi connectivity index (χ1) is 10.6. The smallest absolute Gasteiger partial charge is 0.136 e. The minimum atomic E-state index is 0.193. The molecule has 2 aromatic rings. The van der Waals surface area contributed by atoms with Gasteiger partial charge in [-0.25, -0.2) is 0 Å². The molecule has 4 heteroatoms. The molecule has 2 aromatic carbocycles. The van der Waals surface area contributed by atoms with Gasteiger partial charge >= 0.3 is 0 Å². The topological polar surface area (TPSA) is 46.3 Å². The van der Waals surface area contributed by atoms with Gasteiger partial charge in [-0.2, -0.15) is 0 Å². The first-order valence-electron chi connectivity index (χ1n) is 7.34. The largest absolute Gasteiger partial charge is 0.507 e. The Morgan fingerprint density at radius 3 is 2.50 bits per heavy atom. The van der Waals surface area contributed by atoms with Crippen LogP contribution in [-0.2, 0) is 0 Å². The molecular weight excluding hydrogens is 276 g/mol. The van der Waals surface area contributed by atoms with E-state index in [2.05, 4.69) is 25.2 Å². The quantitative estimate of drug-likeness (QED) is 0.798. The number of ether oxygens (including phenoxy) is 1. The molecule has 0 aliphatic heterocycles. The Morgan fingerprint density at radius 2 is 1.82 bits per heavy atom. The first-order valence-corrected chi connectivity index (χ1v) is 7.34. The summed E-state index contributed by atoms with van der Waals surface area (Å²) in [7, 11) is 5.89. The number of phenolic OH excluding ortho intramolecular Hbond substituents is 1. The molecule has 1 atom stereocenters. The van der Waals surface area contributed by atoms with E-state index in [1.165, 1.54) is 4.90 Å². The van der Waals surface area contributed by atoms with Gasteiger partial charge in [0.1, 0.15) is 17.5 Å². The van der Waals surface area contributed by atoms with Gasteiger partial charge < -0.3 is 14.7 Å². The van der Waals surface area contributed by atoms with Crippen molar-refractivity contribution in [2.75, 3.05) is 27.7 Å². The van der Waals surface area contributed by atoms with Crippen LogP contribution in [0.15, 0.2) is 53.5 Å². The summed E-state index contributed by atoms with van der Waals surface area (Å²) in [5.74, 6) is 1.13. The van der Waals surface area contributed by atoms with Gasteiger partial charge in [-0.05, 0) is 24.3 Å². The van der Waals surface area contributed by atoms with E-state index >= 15 is 0 Å². The third kappa shape index (κ3) is 3.86. The van der Waals surface area contributed by atoms with Crippen LogP contribution in [0.5, 0.6) is 11.5 Å². The molecule has 0 saturated carbocycles. The molecule has 2 rings (SSSR count). The normalized spacial score (nSPS) is 12.7. The van der Waals surface area contributed by atoms with Crippen LogP contribution in [0.2, 0.25) is 0 Å². The third-order valence-electron chi connectivity index (χ3n) is 3.67. The summed E-state index contributed by atoms with van der Waals surface area (Å²) in [5.41, 5.74) is 1.87. The zero-order valence-corrected chi connectivity index (χ0v) is 13.3. The van der Waals surface area contributed by atoms with Crippen LogP contribution in [-0.4, -0.2) is 39.1 Å². The molecule has 0 aliphatic rings. The summed E-state index contributed by atoms with van der Waals surface area (Å²) in [6, 6.07) is 15.4. The first kappa shape index (κ1) is 16.0. The van der Waals surface area contributed by atoms with Crippen LogP contribution in [0.4, 0.5) is 0 Å². The highest BCUT2D eigenvalue weighted by molar-refractivity contribution is 5.83. The molecule has 0 amide bonds. The van der Waals surface area contributed by atoms with E-state index in [9.17, 15) is 5.11 Å². The average molecular weight is 299 g/mol. The van der Waals surface area contributed by atoms with Crippen molar-refractivity contribution in [2.45, 2.75) is 6.04 Å². The number of nitrogens with zero attached hydrogens (tertiary/aromatic N) is 1. The number of hydrogen-bond acceptors (Lipinski definition) is 3. The lowest BCUT2D eigenvalue weighted by Crippen LogP contribution is -3.06.